The zero-order valence-corrected chi connectivity index (χ0v) is 27.8. The van der Waals surface area contributed by atoms with Crippen molar-refractivity contribution in [1.82, 2.24) is 10.2 Å². The molecular weight excluding hydrogens is 598 g/mol. The van der Waals surface area contributed by atoms with E-state index in [0.717, 1.165) is 33.8 Å². The average molecular weight is 642 g/mol. The summed E-state index contributed by atoms with van der Waals surface area (Å²) in [4.78, 5) is 29.3. The smallest absolute Gasteiger partial charge is 0.264 e. The standard InChI is InChI=1S/C37H43N3O5S/c1-5-7-24-38-37(42)35(6-2)39(26-30-13-11-12-29(4)25-30)36(41)27-40(46(43,44)34-22-16-28(3)17-23-34)31-18-20-33(21-19-31)45-32-14-9-8-10-15-32/h8-23,25,35H,5-7,24,26-27H2,1-4H3,(H,38,42)/t35-/m0/s1. The van der Waals surface area contributed by atoms with Crippen LogP contribution in [-0.2, 0) is 26.2 Å². The highest BCUT2D eigenvalue weighted by Gasteiger charge is 2.33. The number of nitrogens with one attached hydrogen (secondary N) is 1. The quantitative estimate of drug-likeness (QED) is 0.141. The van der Waals surface area contributed by atoms with Crippen LogP contribution in [0.5, 0.6) is 11.5 Å². The summed E-state index contributed by atoms with van der Waals surface area (Å²) in [5, 5.41) is 2.96. The summed E-state index contributed by atoms with van der Waals surface area (Å²) in [6.45, 7) is 7.90. The van der Waals surface area contributed by atoms with Crippen LogP contribution in [0.4, 0.5) is 5.69 Å². The molecule has 0 aliphatic rings. The van der Waals surface area contributed by atoms with E-state index in [9.17, 15) is 18.0 Å². The number of para-hydroxylation sites is 1. The van der Waals surface area contributed by atoms with Crippen LogP contribution >= 0.6 is 0 Å². The number of nitrogens with zero attached hydrogens (tertiary/aromatic N) is 2. The highest BCUT2D eigenvalue weighted by atomic mass is 32.2. The number of benzene rings is 4. The molecule has 1 atom stereocenters. The van der Waals surface area contributed by atoms with Crippen LogP contribution in [0.15, 0.2) is 108 Å². The summed E-state index contributed by atoms with van der Waals surface area (Å²) in [5.74, 6) is 0.417. The van der Waals surface area contributed by atoms with E-state index in [-0.39, 0.29) is 17.3 Å². The minimum atomic E-state index is -4.18. The highest BCUT2D eigenvalue weighted by molar-refractivity contribution is 7.92. The Morgan fingerprint density at radius 3 is 2.11 bits per heavy atom. The second-order valence-corrected chi connectivity index (χ2v) is 13.2. The lowest BCUT2D eigenvalue weighted by Crippen LogP contribution is -2.52. The van der Waals surface area contributed by atoms with Crippen LogP contribution in [-0.4, -0.2) is 44.3 Å². The van der Waals surface area contributed by atoms with Crippen molar-refractivity contribution in [2.24, 2.45) is 0 Å². The van der Waals surface area contributed by atoms with Gasteiger partial charge in [-0.25, -0.2) is 8.42 Å². The molecule has 0 saturated carbocycles. The van der Waals surface area contributed by atoms with Crippen molar-refractivity contribution < 1.29 is 22.7 Å². The van der Waals surface area contributed by atoms with Gasteiger partial charge in [-0.15, -0.1) is 0 Å². The predicted octanol–water partition coefficient (Wildman–Crippen LogP) is 7.01. The van der Waals surface area contributed by atoms with Gasteiger partial charge >= 0.3 is 0 Å². The lowest BCUT2D eigenvalue weighted by atomic mass is 10.1. The van der Waals surface area contributed by atoms with Crippen LogP contribution < -0.4 is 14.4 Å². The van der Waals surface area contributed by atoms with Gasteiger partial charge in [0, 0.05) is 13.1 Å². The molecule has 0 bridgehead atoms. The van der Waals surface area contributed by atoms with Gasteiger partial charge < -0.3 is 15.0 Å². The third kappa shape index (κ3) is 8.97. The number of rotatable bonds is 15. The van der Waals surface area contributed by atoms with E-state index in [1.807, 2.05) is 82.3 Å². The fraction of sp³-hybridized carbons (Fsp3) is 0.297. The van der Waals surface area contributed by atoms with Crippen molar-refractivity contribution in [2.45, 2.75) is 64.4 Å². The summed E-state index contributed by atoms with van der Waals surface area (Å²) in [6, 6.07) is 29.3. The van der Waals surface area contributed by atoms with Crippen LogP contribution in [0.3, 0.4) is 0 Å². The molecule has 4 rings (SSSR count). The van der Waals surface area contributed by atoms with Crippen molar-refractivity contribution in [2.75, 3.05) is 17.4 Å². The molecular formula is C37H43N3O5S. The summed E-state index contributed by atoms with van der Waals surface area (Å²) in [6.07, 6.45) is 2.11. The number of hydrogen-bond acceptors (Lipinski definition) is 5. The Balaban J connectivity index is 1.71. The third-order valence-electron chi connectivity index (χ3n) is 7.64. The molecule has 0 heterocycles. The fourth-order valence-corrected chi connectivity index (χ4v) is 6.52. The third-order valence-corrected chi connectivity index (χ3v) is 9.43. The molecule has 242 valence electrons. The maximum Gasteiger partial charge on any atom is 0.264 e. The first-order chi connectivity index (χ1) is 22.1. The number of aryl methyl sites for hydroxylation is 2. The number of carbonyl (C=O) groups is 2. The highest BCUT2D eigenvalue weighted by Crippen LogP contribution is 2.29. The molecule has 0 spiro atoms. The zero-order chi connectivity index (χ0) is 33.1. The Labute approximate surface area is 273 Å². The van der Waals surface area contributed by atoms with Gasteiger partial charge in [0.15, 0.2) is 0 Å². The van der Waals surface area contributed by atoms with Crippen molar-refractivity contribution in [3.05, 3.63) is 120 Å². The number of anilines is 1. The van der Waals surface area contributed by atoms with Crippen molar-refractivity contribution in [3.8, 4) is 11.5 Å². The van der Waals surface area contributed by atoms with E-state index in [2.05, 4.69) is 5.32 Å². The summed E-state index contributed by atoms with van der Waals surface area (Å²) in [7, 11) is -4.18. The molecule has 0 radical (unpaired) electrons. The maximum absolute atomic E-state index is 14.3. The molecule has 0 aliphatic heterocycles. The minimum Gasteiger partial charge on any atom is -0.457 e. The SMILES string of the molecule is CCCCNC(=O)[C@H](CC)N(Cc1cccc(C)c1)C(=O)CN(c1ccc(Oc2ccccc2)cc1)S(=O)(=O)c1ccc(C)cc1. The van der Waals surface area contributed by atoms with E-state index in [1.165, 1.54) is 17.0 Å². The van der Waals surface area contributed by atoms with Gasteiger partial charge in [-0.2, -0.15) is 0 Å². The molecule has 0 saturated heterocycles. The number of hydrogen-bond donors (Lipinski definition) is 1. The van der Waals surface area contributed by atoms with Gasteiger partial charge in [0.05, 0.1) is 10.6 Å². The van der Waals surface area contributed by atoms with E-state index >= 15 is 0 Å². The van der Waals surface area contributed by atoms with Gasteiger partial charge in [-0.3, -0.25) is 13.9 Å². The van der Waals surface area contributed by atoms with Crippen molar-refractivity contribution >= 4 is 27.5 Å². The van der Waals surface area contributed by atoms with Gasteiger partial charge in [0.2, 0.25) is 11.8 Å². The van der Waals surface area contributed by atoms with Crippen molar-refractivity contribution in [1.29, 1.82) is 0 Å². The second kappa shape index (κ2) is 16.1. The molecule has 2 amide bonds. The molecule has 9 heteroatoms. The number of ether oxygens (including phenoxy) is 1. The molecule has 0 fully saturated rings. The number of carbonyl (C=O) groups excluding carboxylic acids is 2. The Morgan fingerprint density at radius 1 is 0.804 bits per heavy atom. The van der Waals surface area contributed by atoms with Gasteiger partial charge in [-0.05, 0) is 80.8 Å². The first kappa shape index (κ1) is 34.2. The molecule has 0 unspecified atom stereocenters. The Morgan fingerprint density at radius 2 is 1.48 bits per heavy atom. The average Bonchev–Trinajstić information content (AvgIpc) is 3.04. The lowest BCUT2D eigenvalue weighted by molar-refractivity contribution is -0.140. The summed E-state index contributed by atoms with van der Waals surface area (Å²) < 4.78 is 35.4. The molecule has 0 aliphatic carbocycles. The lowest BCUT2D eigenvalue weighted by Gasteiger charge is -2.33. The normalized spacial score (nSPS) is 11.8. The monoisotopic (exact) mass is 641 g/mol. The first-order valence-corrected chi connectivity index (χ1v) is 17.1. The Bertz CT molecular complexity index is 1690. The summed E-state index contributed by atoms with van der Waals surface area (Å²) >= 11 is 0. The Kier molecular flexibility index (Phi) is 12.0. The van der Waals surface area contributed by atoms with Crippen molar-refractivity contribution in [3.63, 3.8) is 0 Å². The molecule has 4 aromatic rings. The number of amides is 2. The number of unbranched alkanes of at least 4 members (excludes halogenated alkanes) is 1. The van der Waals surface area contributed by atoms with E-state index in [4.69, 9.17) is 4.74 Å². The molecule has 0 aromatic heterocycles. The van der Waals surface area contributed by atoms with Crippen LogP contribution in [0.2, 0.25) is 0 Å². The van der Waals surface area contributed by atoms with E-state index < -0.39 is 28.5 Å². The van der Waals surface area contributed by atoms with E-state index in [0.29, 0.717) is 30.2 Å². The van der Waals surface area contributed by atoms with E-state index in [1.54, 1.807) is 36.4 Å². The molecule has 46 heavy (non-hydrogen) atoms. The first-order valence-electron chi connectivity index (χ1n) is 15.7. The van der Waals surface area contributed by atoms with Crippen LogP contribution in [0.1, 0.15) is 49.8 Å². The predicted molar refractivity (Wildman–Crippen MR) is 182 cm³/mol. The van der Waals surface area contributed by atoms with Gasteiger partial charge in [0.25, 0.3) is 10.0 Å². The summed E-state index contributed by atoms with van der Waals surface area (Å²) in [5.41, 5.74) is 3.08. The van der Waals surface area contributed by atoms with Gasteiger partial charge in [-0.1, -0.05) is 86.0 Å². The van der Waals surface area contributed by atoms with Gasteiger partial charge in [0.1, 0.15) is 24.1 Å². The fourth-order valence-electron chi connectivity index (χ4n) is 5.10. The minimum absolute atomic E-state index is 0.0603. The largest absolute Gasteiger partial charge is 0.457 e. The number of sulfonamides is 1. The molecule has 1 N–H and O–H groups in total. The molecule has 4 aromatic carbocycles. The Hall–Kier alpha value is -4.63. The zero-order valence-electron chi connectivity index (χ0n) is 27.0. The second-order valence-electron chi connectivity index (χ2n) is 11.3. The topological polar surface area (TPSA) is 96.0 Å². The molecule has 8 nitrogen and oxygen atoms in total. The maximum atomic E-state index is 14.3. The van der Waals surface area contributed by atoms with Crippen LogP contribution in [0, 0.1) is 13.8 Å². The van der Waals surface area contributed by atoms with Crippen LogP contribution in [0.25, 0.3) is 0 Å².